The highest BCUT2D eigenvalue weighted by molar-refractivity contribution is 5.27. The molecule has 104 valence electrons. The molecule has 0 radical (unpaired) electrons. The third kappa shape index (κ3) is 3.58. The molecule has 1 aliphatic rings. The summed E-state index contributed by atoms with van der Waals surface area (Å²) in [5.74, 6) is 0. The zero-order valence-electron chi connectivity index (χ0n) is 10.6. The fourth-order valence-electron chi connectivity index (χ4n) is 2.26. The first-order valence-corrected chi connectivity index (χ1v) is 6.26. The summed E-state index contributed by atoms with van der Waals surface area (Å²) >= 11 is 0. The van der Waals surface area contributed by atoms with E-state index in [0.717, 1.165) is 11.1 Å². The van der Waals surface area contributed by atoms with E-state index in [1.165, 1.54) is 6.08 Å². The summed E-state index contributed by atoms with van der Waals surface area (Å²) in [6, 6.07) is 7.78. The van der Waals surface area contributed by atoms with Crippen molar-refractivity contribution in [2.24, 2.45) is 5.73 Å². The summed E-state index contributed by atoms with van der Waals surface area (Å²) in [4.78, 5) is 2.00. The Morgan fingerprint density at radius 1 is 1.16 bits per heavy atom. The SMILES string of the molecule is NCc1ccccc1CN1CC=C(C(F)(F)F)CC1. The van der Waals surface area contributed by atoms with E-state index < -0.39 is 11.7 Å². The first-order valence-electron chi connectivity index (χ1n) is 6.26. The number of rotatable bonds is 3. The summed E-state index contributed by atoms with van der Waals surface area (Å²) in [6.07, 6.45) is -2.83. The quantitative estimate of drug-likeness (QED) is 0.856. The molecule has 1 aliphatic heterocycles. The zero-order valence-corrected chi connectivity index (χ0v) is 10.6. The Hall–Kier alpha value is -1.33. The molecule has 0 spiro atoms. The molecule has 0 aromatic heterocycles. The number of nitrogens with zero attached hydrogens (tertiary/aromatic N) is 1. The molecule has 0 fully saturated rings. The molecule has 0 saturated heterocycles. The Labute approximate surface area is 110 Å². The van der Waals surface area contributed by atoms with Gasteiger partial charge in [0.25, 0.3) is 0 Å². The zero-order chi connectivity index (χ0) is 13.9. The first-order chi connectivity index (χ1) is 9.00. The van der Waals surface area contributed by atoms with Crippen molar-refractivity contribution in [3.63, 3.8) is 0 Å². The fourth-order valence-corrected chi connectivity index (χ4v) is 2.26. The van der Waals surface area contributed by atoms with Crippen LogP contribution in [0.4, 0.5) is 13.2 Å². The molecule has 19 heavy (non-hydrogen) atoms. The molecular weight excluding hydrogens is 253 g/mol. The van der Waals surface area contributed by atoms with E-state index in [1.54, 1.807) is 0 Å². The minimum atomic E-state index is -4.18. The van der Waals surface area contributed by atoms with E-state index in [9.17, 15) is 13.2 Å². The van der Waals surface area contributed by atoms with Crippen LogP contribution in [0.2, 0.25) is 0 Å². The number of halogens is 3. The molecule has 0 bridgehead atoms. The van der Waals surface area contributed by atoms with Gasteiger partial charge < -0.3 is 5.73 Å². The van der Waals surface area contributed by atoms with Gasteiger partial charge in [-0.15, -0.1) is 0 Å². The Morgan fingerprint density at radius 3 is 2.37 bits per heavy atom. The van der Waals surface area contributed by atoms with Gasteiger partial charge in [0.1, 0.15) is 0 Å². The standard InChI is InChI=1S/C14H17F3N2/c15-14(16,17)13-5-7-19(8-6-13)10-12-4-2-1-3-11(12)9-18/h1-5H,6-10,18H2. The second-order valence-corrected chi connectivity index (χ2v) is 4.69. The van der Waals surface area contributed by atoms with Crippen LogP contribution in [0.25, 0.3) is 0 Å². The Bertz CT molecular complexity index is 466. The van der Waals surface area contributed by atoms with E-state index in [2.05, 4.69) is 0 Å². The average Bonchev–Trinajstić information content (AvgIpc) is 2.39. The van der Waals surface area contributed by atoms with Crippen LogP contribution >= 0.6 is 0 Å². The summed E-state index contributed by atoms with van der Waals surface area (Å²) in [5, 5.41) is 0. The normalized spacial score (nSPS) is 17.4. The molecule has 2 nitrogen and oxygen atoms in total. The van der Waals surface area contributed by atoms with Gasteiger partial charge in [-0.2, -0.15) is 13.2 Å². The number of benzene rings is 1. The van der Waals surface area contributed by atoms with Crippen LogP contribution in [-0.4, -0.2) is 24.2 Å². The summed E-state index contributed by atoms with van der Waals surface area (Å²) in [7, 11) is 0. The highest BCUT2D eigenvalue weighted by Gasteiger charge is 2.34. The van der Waals surface area contributed by atoms with Gasteiger partial charge in [-0.05, 0) is 17.5 Å². The van der Waals surface area contributed by atoms with Crippen molar-refractivity contribution in [2.75, 3.05) is 13.1 Å². The van der Waals surface area contributed by atoms with Gasteiger partial charge in [0, 0.05) is 31.8 Å². The maximum atomic E-state index is 12.5. The van der Waals surface area contributed by atoms with Crippen LogP contribution in [0.1, 0.15) is 17.5 Å². The van der Waals surface area contributed by atoms with Crippen molar-refractivity contribution in [2.45, 2.75) is 25.7 Å². The van der Waals surface area contributed by atoms with Gasteiger partial charge in [0.2, 0.25) is 0 Å². The number of hydrogen-bond acceptors (Lipinski definition) is 2. The molecule has 2 N–H and O–H groups in total. The van der Waals surface area contributed by atoms with Crippen molar-refractivity contribution in [3.05, 3.63) is 47.0 Å². The molecule has 0 aliphatic carbocycles. The topological polar surface area (TPSA) is 29.3 Å². The molecule has 1 aromatic carbocycles. The minimum Gasteiger partial charge on any atom is -0.326 e. The maximum Gasteiger partial charge on any atom is 0.412 e. The second-order valence-electron chi connectivity index (χ2n) is 4.69. The fraction of sp³-hybridized carbons (Fsp3) is 0.429. The third-order valence-corrected chi connectivity index (χ3v) is 3.39. The Morgan fingerprint density at radius 2 is 1.84 bits per heavy atom. The predicted octanol–water partition coefficient (Wildman–Crippen LogP) is 2.84. The molecule has 5 heteroatoms. The molecular formula is C14H17F3N2. The molecule has 0 unspecified atom stereocenters. The lowest BCUT2D eigenvalue weighted by Crippen LogP contribution is -2.31. The van der Waals surface area contributed by atoms with Crippen LogP contribution in [0.5, 0.6) is 0 Å². The molecule has 0 amide bonds. The van der Waals surface area contributed by atoms with Gasteiger partial charge in [-0.1, -0.05) is 30.3 Å². The lowest BCUT2D eigenvalue weighted by Gasteiger charge is -2.27. The molecule has 0 saturated carbocycles. The smallest absolute Gasteiger partial charge is 0.326 e. The van der Waals surface area contributed by atoms with Crippen molar-refractivity contribution < 1.29 is 13.2 Å². The molecule has 1 heterocycles. The average molecular weight is 270 g/mol. The summed E-state index contributed by atoms with van der Waals surface area (Å²) < 4.78 is 37.5. The predicted molar refractivity (Wildman–Crippen MR) is 68.4 cm³/mol. The monoisotopic (exact) mass is 270 g/mol. The van der Waals surface area contributed by atoms with Crippen molar-refractivity contribution >= 4 is 0 Å². The minimum absolute atomic E-state index is 0.0638. The lowest BCUT2D eigenvalue weighted by molar-refractivity contribution is -0.0960. The van der Waals surface area contributed by atoms with Crippen LogP contribution < -0.4 is 5.73 Å². The van der Waals surface area contributed by atoms with Gasteiger partial charge in [-0.3, -0.25) is 4.90 Å². The van der Waals surface area contributed by atoms with Gasteiger partial charge in [-0.25, -0.2) is 0 Å². The van der Waals surface area contributed by atoms with Gasteiger partial charge in [0.05, 0.1) is 0 Å². The Kier molecular flexibility index (Phi) is 4.27. The van der Waals surface area contributed by atoms with Crippen molar-refractivity contribution in [3.8, 4) is 0 Å². The number of hydrogen-bond donors (Lipinski definition) is 1. The van der Waals surface area contributed by atoms with E-state index in [1.807, 2.05) is 29.2 Å². The van der Waals surface area contributed by atoms with Crippen molar-refractivity contribution in [1.82, 2.24) is 4.90 Å². The Balaban J connectivity index is 2.01. The summed E-state index contributed by atoms with van der Waals surface area (Å²) in [6.45, 7) is 1.88. The van der Waals surface area contributed by atoms with Crippen LogP contribution in [0.15, 0.2) is 35.9 Å². The van der Waals surface area contributed by atoms with Crippen LogP contribution in [0, 0.1) is 0 Å². The van der Waals surface area contributed by atoms with Gasteiger partial charge >= 0.3 is 6.18 Å². The second kappa shape index (κ2) is 5.75. The summed E-state index contributed by atoms with van der Waals surface area (Å²) in [5.41, 5.74) is 7.39. The molecule has 2 rings (SSSR count). The van der Waals surface area contributed by atoms with Crippen molar-refractivity contribution in [1.29, 1.82) is 0 Å². The van der Waals surface area contributed by atoms with Gasteiger partial charge in [0.15, 0.2) is 0 Å². The largest absolute Gasteiger partial charge is 0.412 e. The van der Waals surface area contributed by atoms with E-state index >= 15 is 0 Å². The first kappa shape index (κ1) is 14.1. The van der Waals surface area contributed by atoms with Crippen LogP contribution in [-0.2, 0) is 13.1 Å². The third-order valence-electron chi connectivity index (χ3n) is 3.39. The highest BCUT2D eigenvalue weighted by Crippen LogP contribution is 2.30. The lowest BCUT2D eigenvalue weighted by atomic mass is 10.0. The number of alkyl halides is 3. The molecule has 0 atom stereocenters. The van der Waals surface area contributed by atoms with E-state index in [4.69, 9.17) is 5.73 Å². The van der Waals surface area contributed by atoms with E-state index in [-0.39, 0.29) is 6.42 Å². The number of nitrogens with two attached hydrogens (primary N) is 1. The molecule has 1 aromatic rings. The highest BCUT2D eigenvalue weighted by atomic mass is 19.4. The van der Waals surface area contributed by atoms with E-state index in [0.29, 0.717) is 26.2 Å². The maximum absolute atomic E-state index is 12.5. The van der Waals surface area contributed by atoms with Crippen LogP contribution in [0.3, 0.4) is 0 Å².